The number of hydrogen-bond acceptors (Lipinski definition) is 16. The number of carbonyl (C=O) groups is 6. The molecule has 0 bridgehead atoms. The molecule has 4 amide bonds. The van der Waals surface area contributed by atoms with Gasteiger partial charge in [-0.25, -0.2) is 33.8 Å². The van der Waals surface area contributed by atoms with E-state index < -0.39 is 94.5 Å². The van der Waals surface area contributed by atoms with E-state index in [-0.39, 0.29) is 28.7 Å². The van der Waals surface area contributed by atoms with Crippen LogP contribution < -0.4 is 9.80 Å². The number of amides is 4. The molecule has 65 heavy (non-hydrogen) atoms. The first-order valence-corrected chi connectivity index (χ1v) is 21.0. The zero-order chi connectivity index (χ0) is 48.4. The summed E-state index contributed by atoms with van der Waals surface area (Å²) in [5, 5.41) is 0. The minimum absolute atomic E-state index is 0.165. The predicted molar refractivity (Wildman–Crippen MR) is 235 cm³/mol. The Labute approximate surface area is 377 Å². The molecule has 4 atom stereocenters. The molecule has 1 aliphatic heterocycles. The Bertz CT molecular complexity index is 2360. The minimum Gasteiger partial charge on any atom is -0.452 e. The molecular weight excluding hydrogens is 845 g/mol. The van der Waals surface area contributed by atoms with Crippen molar-refractivity contribution >= 4 is 59.2 Å². The van der Waals surface area contributed by atoms with Crippen LogP contribution in [0.1, 0.15) is 130 Å². The number of hydrogen-bond donors (Lipinski definition) is 0. The lowest BCUT2D eigenvalue weighted by Crippen LogP contribution is -2.49. The van der Waals surface area contributed by atoms with Gasteiger partial charge < -0.3 is 33.2 Å². The SMILES string of the molecule is CC[C@H]1O[C@@H](n2cnc3c(N(C(=O)OC(C)(C)C)C(=O)OC(C)(C)C)nc(N(C(=O)OC(C)(C)C)C(=O)OC(C)(C)C)nc32)C(C)(OC(=O)c2ccccc2)[C@H]1OC(=O)c1ccccc1. The quantitative estimate of drug-likeness (QED) is 0.119. The van der Waals surface area contributed by atoms with Crippen LogP contribution >= 0.6 is 0 Å². The van der Waals surface area contributed by atoms with E-state index in [1.807, 2.05) is 0 Å². The summed E-state index contributed by atoms with van der Waals surface area (Å²) in [6.07, 6.45) is -7.36. The van der Waals surface area contributed by atoms with E-state index >= 15 is 0 Å². The van der Waals surface area contributed by atoms with Crippen molar-refractivity contribution in [3.05, 3.63) is 78.1 Å². The molecule has 19 nitrogen and oxygen atoms in total. The minimum atomic E-state index is -1.90. The molecule has 2 aromatic heterocycles. The molecule has 1 fully saturated rings. The lowest BCUT2D eigenvalue weighted by Gasteiger charge is -2.34. The van der Waals surface area contributed by atoms with Crippen molar-refractivity contribution in [3.8, 4) is 0 Å². The maximum absolute atomic E-state index is 14.2. The van der Waals surface area contributed by atoms with Crippen LogP contribution in [-0.2, 0) is 33.2 Å². The molecule has 0 spiro atoms. The van der Waals surface area contributed by atoms with Gasteiger partial charge in [-0.2, -0.15) is 14.9 Å². The monoisotopic (exact) mass is 902 g/mol. The standard InChI is InChI=1S/C46H58N6O13/c1-15-29-31(60-34(53)27-22-18-16-19-23-27)46(14,61-35(54)28-24-20-17-21-25-28)36(59-29)50-26-47-30-32(50)48-37(52(40(57)64-44(8,9)10)41(58)65-45(11,12)13)49-33(30)51(38(55)62-42(2,3)4)39(56)63-43(5,6)7/h16-26,29,31,36H,15H2,1-14H3/t29-,31+,36-,46?/m1/s1. The summed E-state index contributed by atoms with van der Waals surface area (Å²) in [6, 6.07) is 16.3. The summed E-state index contributed by atoms with van der Waals surface area (Å²) in [5.41, 5.74) is -6.77. The average Bonchev–Trinajstić information content (AvgIpc) is 3.70. The topological polar surface area (TPSA) is 217 Å². The van der Waals surface area contributed by atoms with E-state index in [9.17, 15) is 28.8 Å². The molecule has 0 N–H and O–H groups in total. The van der Waals surface area contributed by atoms with Crippen LogP contribution in [0.3, 0.4) is 0 Å². The normalized spacial score (nSPS) is 18.9. The van der Waals surface area contributed by atoms with Crippen LogP contribution in [0.5, 0.6) is 0 Å². The number of anilines is 2. The Morgan fingerprint density at radius 3 is 1.51 bits per heavy atom. The third-order valence-electron chi connectivity index (χ3n) is 9.02. The summed E-state index contributed by atoms with van der Waals surface area (Å²) < 4.78 is 43.0. The summed E-state index contributed by atoms with van der Waals surface area (Å²) in [5.74, 6) is -2.90. The van der Waals surface area contributed by atoms with Crippen molar-refractivity contribution in [3.63, 3.8) is 0 Å². The maximum Gasteiger partial charge on any atom is 0.427 e. The third kappa shape index (κ3) is 11.9. The van der Waals surface area contributed by atoms with Gasteiger partial charge >= 0.3 is 36.3 Å². The number of benzene rings is 2. The smallest absolute Gasteiger partial charge is 0.427 e. The van der Waals surface area contributed by atoms with E-state index in [1.165, 1.54) is 17.8 Å². The molecule has 5 rings (SSSR count). The van der Waals surface area contributed by atoms with E-state index in [4.69, 9.17) is 33.2 Å². The summed E-state index contributed by atoms with van der Waals surface area (Å²) in [4.78, 5) is 98.9. The molecule has 1 unspecified atom stereocenters. The number of imide groups is 2. The zero-order valence-electron chi connectivity index (χ0n) is 39.3. The largest absolute Gasteiger partial charge is 0.452 e. The number of esters is 2. The maximum atomic E-state index is 14.2. The Balaban J connectivity index is 1.84. The molecule has 2 aromatic carbocycles. The highest BCUT2D eigenvalue weighted by atomic mass is 16.7. The van der Waals surface area contributed by atoms with Crippen molar-refractivity contribution < 1.29 is 61.9 Å². The number of ether oxygens (including phenoxy) is 7. The van der Waals surface area contributed by atoms with E-state index in [1.54, 1.807) is 151 Å². The number of imidazole rings is 1. The van der Waals surface area contributed by atoms with Gasteiger partial charge in [0, 0.05) is 0 Å². The average molecular weight is 903 g/mol. The predicted octanol–water partition coefficient (Wildman–Crippen LogP) is 9.33. The number of nitrogens with zero attached hydrogens (tertiary/aromatic N) is 6. The molecule has 1 saturated heterocycles. The van der Waals surface area contributed by atoms with Crippen molar-refractivity contribution in [1.82, 2.24) is 19.5 Å². The second-order valence-electron chi connectivity index (χ2n) is 19.3. The van der Waals surface area contributed by atoms with Crippen molar-refractivity contribution in [2.24, 2.45) is 0 Å². The fourth-order valence-corrected chi connectivity index (χ4v) is 6.46. The molecule has 1 aliphatic rings. The van der Waals surface area contributed by atoms with E-state index in [0.29, 0.717) is 9.80 Å². The van der Waals surface area contributed by atoms with Gasteiger partial charge in [0.2, 0.25) is 5.95 Å². The lowest BCUT2D eigenvalue weighted by molar-refractivity contribution is -0.108. The molecule has 4 aromatic rings. The molecule has 0 radical (unpaired) electrons. The van der Waals surface area contributed by atoms with Gasteiger partial charge in [0.25, 0.3) is 0 Å². The Kier molecular flexibility index (Phi) is 14.0. The van der Waals surface area contributed by atoms with Gasteiger partial charge in [0.1, 0.15) is 28.5 Å². The first-order valence-electron chi connectivity index (χ1n) is 21.0. The molecule has 3 heterocycles. The summed E-state index contributed by atoms with van der Waals surface area (Å²) in [6.45, 7) is 22.1. The molecule has 19 heteroatoms. The van der Waals surface area contributed by atoms with E-state index in [0.717, 1.165) is 0 Å². The second-order valence-corrected chi connectivity index (χ2v) is 19.3. The molecular formula is C46H58N6O13. The van der Waals surface area contributed by atoms with Crippen LogP contribution in [0.15, 0.2) is 67.0 Å². The van der Waals surface area contributed by atoms with Gasteiger partial charge in [0.05, 0.1) is 17.5 Å². The highest BCUT2D eigenvalue weighted by molar-refractivity contribution is 6.14. The van der Waals surface area contributed by atoms with Gasteiger partial charge in [-0.3, -0.25) is 4.57 Å². The first kappa shape index (κ1) is 49.4. The van der Waals surface area contributed by atoms with Gasteiger partial charge in [0.15, 0.2) is 34.9 Å². The summed E-state index contributed by atoms with van der Waals surface area (Å²) >= 11 is 0. The fourth-order valence-electron chi connectivity index (χ4n) is 6.46. The number of aromatic nitrogens is 4. The van der Waals surface area contributed by atoms with Crippen LogP contribution in [0.4, 0.5) is 30.9 Å². The number of rotatable bonds is 8. The Morgan fingerprint density at radius 2 is 1.08 bits per heavy atom. The van der Waals surface area contributed by atoms with Crippen molar-refractivity contribution in [2.45, 2.75) is 150 Å². The Morgan fingerprint density at radius 1 is 0.646 bits per heavy atom. The van der Waals surface area contributed by atoms with E-state index in [2.05, 4.69) is 15.0 Å². The van der Waals surface area contributed by atoms with Crippen molar-refractivity contribution in [1.29, 1.82) is 0 Å². The first-order chi connectivity index (χ1) is 30.0. The van der Waals surface area contributed by atoms with Crippen LogP contribution in [-0.4, -0.2) is 96.0 Å². The molecule has 0 aliphatic carbocycles. The van der Waals surface area contributed by atoms with Gasteiger partial charge in [-0.15, -0.1) is 4.90 Å². The summed E-state index contributed by atoms with van der Waals surface area (Å²) in [7, 11) is 0. The van der Waals surface area contributed by atoms with Crippen molar-refractivity contribution in [2.75, 3.05) is 9.80 Å². The number of carbonyl (C=O) groups excluding carboxylic acids is 6. The van der Waals surface area contributed by atoms with Gasteiger partial charge in [-0.1, -0.05) is 43.3 Å². The van der Waals surface area contributed by atoms with Crippen LogP contribution in [0.2, 0.25) is 0 Å². The second kappa shape index (κ2) is 18.5. The van der Waals surface area contributed by atoms with Crippen LogP contribution in [0, 0.1) is 0 Å². The lowest BCUT2D eigenvalue weighted by atomic mass is 9.94. The molecule has 350 valence electrons. The van der Waals surface area contributed by atoms with Gasteiger partial charge in [-0.05, 0) is 121 Å². The highest BCUT2D eigenvalue weighted by Crippen LogP contribution is 2.46. The Hall–Kier alpha value is -6.63. The van der Waals surface area contributed by atoms with Crippen LogP contribution in [0.25, 0.3) is 11.2 Å². The number of fused-ring (bicyclic) bond motifs is 1. The third-order valence-corrected chi connectivity index (χ3v) is 9.02. The fraction of sp³-hybridized carbons (Fsp3) is 0.500. The highest BCUT2D eigenvalue weighted by Gasteiger charge is 2.60. The zero-order valence-corrected chi connectivity index (χ0v) is 39.3. The molecule has 0 saturated carbocycles.